The summed E-state index contributed by atoms with van der Waals surface area (Å²) in [6, 6.07) is 3.40. The number of hydrogen-bond acceptors (Lipinski definition) is 6. The minimum Gasteiger partial charge on any atom is -0.399 e. The quantitative estimate of drug-likeness (QED) is 0.466. The number of alkyl halides is 3. The van der Waals surface area contributed by atoms with E-state index in [2.05, 4.69) is 27.1 Å². The lowest BCUT2D eigenvalue weighted by Crippen LogP contribution is -2.25. The summed E-state index contributed by atoms with van der Waals surface area (Å²) in [6.45, 7) is 10.00. The molecule has 11 heteroatoms. The zero-order valence-corrected chi connectivity index (χ0v) is 18.0. The third-order valence-electron chi connectivity index (χ3n) is 4.81. The molecule has 0 fully saturated rings. The molecule has 3 N–H and O–H groups in total. The molecule has 1 amide bonds. The maximum absolute atomic E-state index is 13.1. The van der Waals surface area contributed by atoms with E-state index in [0.29, 0.717) is 29.3 Å². The number of anilines is 2. The summed E-state index contributed by atoms with van der Waals surface area (Å²) in [7, 11) is 0. The number of nitrogens with two attached hydrogens (primary N) is 1. The number of benzene rings is 1. The van der Waals surface area contributed by atoms with Gasteiger partial charge in [-0.15, -0.1) is 10.2 Å². The SMILES string of the molecule is C=C(C)C(=O)N1Cc2c(NCc3cc(N)cc(C(F)(F)F)c3)nc3nncn3c2C1.CC. The fourth-order valence-corrected chi connectivity index (χ4v) is 3.44. The number of aromatic nitrogens is 4. The van der Waals surface area contributed by atoms with Crippen LogP contribution in [0.3, 0.4) is 0 Å². The van der Waals surface area contributed by atoms with Crippen molar-refractivity contribution in [1.29, 1.82) is 0 Å². The van der Waals surface area contributed by atoms with Gasteiger partial charge in [-0.05, 0) is 30.7 Å². The second-order valence-corrected chi connectivity index (χ2v) is 7.14. The summed E-state index contributed by atoms with van der Waals surface area (Å²) in [5, 5.41) is 10.9. The van der Waals surface area contributed by atoms with E-state index in [0.717, 1.165) is 23.4 Å². The van der Waals surface area contributed by atoms with Gasteiger partial charge in [0.25, 0.3) is 5.78 Å². The van der Waals surface area contributed by atoms with Crippen molar-refractivity contribution in [3.63, 3.8) is 0 Å². The van der Waals surface area contributed by atoms with Crippen LogP contribution in [0.25, 0.3) is 5.78 Å². The Labute approximate surface area is 183 Å². The van der Waals surface area contributed by atoms with Crippen molar-refractivity contribution in [2.24, 2.45) is 0 Å². The molecule has 0 unspecified atom stereocenters. The number of halogens is 3. The van der Waals surface area contributed by atoms with Gasteiger partial charge in [0.1, 0.15) is 12.1 Å². The van der Waals surface area contributed by atoms with Crippen LogP contribution in [0.15, 0.2) is 36.7 Å². The van der Waals surface area contributed by atoms with Crippen LogP contribution in [0.5, 0.6) is 0 Å². The molecule has 4 rings (SSSR count). The predicted octanol–water partition coefficient (Wildman–Crippen LogP) is 3.78. The van der Waals surface area contributed by atoms with Gasteiger partial charge in [-0.3, -0.25) is 9.20 Å². The second-order valence-electron chi connectivity index (χ2n) is 7.14. The van der Waals surface area contributed by atoms with Crippen LogP contribution in [-0.4, -0.2) is 30.4 Å². The molecule has 2 aromatic heterocycles. The van der Waals surface area contributed by atoms with Crippen LogP contribution >= 0.6 is 0 Å². The standard InChI is InChI=1S/C19H18F3N7O.C2H6/c1-10(2)17(30)28-7-14-15(8-28)29-9-25-27-18(29)26-16(14)24-6-11-3-12(19(20,21)22)5-13(23)4-11;1-2/h3-5,9H,1,6-8,23H2,2H3,(H,24,26,27);1-2H3. The Morgan fingerprint density at radius 1 is 1.25 bits per heavy atom. The highest BCUT2D eigenvalue weighted by Gasteiger charge is 2.32. The average Bonchev–Trinajstić information content (AvgIpc) is 3.38. The maximum Gasteiger partial charge on any atom is 0.416 e. The molecule has 0 spiro atoms. The number of nitrogens with one attached hydrogen (secondary N) is 1. The Bertz CT molecular complexity index is 1170. The smallest absolute Gasteiger partial charge is 0.399 e. The minimum atomic E-state index is -4.49. The fourth-order valence-electron chi connectivity index (χ4n) is 3.44. The first-order chi connectivity index (χ1) is 15.1. The van der Waals surface area contributed by atoms with Gasteiger partial charge in [0.15, 0.2) is 0 Å². The summed E-state index contributed by atoms with van der Waals surface area (Å²) in [5.74, 6) is 0.562. The number of carbonyl (C=O) groups is 1. The number of nitrogen functional groups attached to an aromatic ring is 1. The van der Waals surface area contributed by atoms with Crippen molar-refractivity contribution in [1.82, 2.24) is 24.5 Å². The number of nitrogens with zero attached hydrogens (tertiary/aromatic N) is 5. The number of carbonyl (C=O) groups excluding carboxylic acids is 1. The van der Waals surface area contributed by atoms with Gasteiger partial charge < -0.3 is 16.0 Å². The number of fused-ring (bicyclic) bond motifs is 3. The van der Waals surface area contributed by atoms with Gasteiger partial charge in [0, 0.05) is 23.4 Å². The van der Waals surface area contributed by atoms with E-state index in [1.54, 1.807) is 16.2 Å². The van der Waals surface area contributed by atoms with Gasteiger partial charge in [-0.2, -0.15) is 18.2 Å². The number of hydrogen-bond donors (Lipinski definition) is 2. The molecule has 0 saturated carbocycles. The fraction of sp³-hybridized carbons (Fsp3) is 0.333. The van der Waals surface area contributed by atoms with E-state index < -0.39 is 11.7 Å². The van der Waals surface area contributed by atoms with Crippen LogP contribution < -0.4 is 11.1 Å². The topological polar surface area (TPSA) is 101 Å². The van der Waals surface area contributed by atoms with Crippen LogP contribution in [0, 0.1) is 0 Å². The Hall–Kier alpha value is -3.63. The third kappa shape index (κ3) is 4.51. The monoisotopic (exact) mass is 447 g/mol. The summed E-state index contributed by atoms with van der Waals surface area (Å²) in [4.78, 5) is 18.4. The maximum atomic E-state index is 13.1. The molecule has 3 aromatic rings. The molecule has 8 nitrogen and oxygen atoms in total. The summed E-state index contributed by atoms with van der Waals surface area (Å²) >= 11 is 0. The molecule has 3 heterocycles. The normalized spacial score (nSPS) is 12.9. The summed E-state index contributed by atoms with van der Waals surface area (Å²) in [6.07, 6.45) is -2.99. The van der Waals surface area contributed by atoms with E-state index in [9.17, 15) is 18.0 Å². The summed E-state index contributed by atoms with van der Waals surface area (Å²) in [5.41, 5.74) is 7.13. The molecule has 1 aromatic carbocycles. The van der Waals surface area contributed by atoms with E-state index in [1.165, 1.54) is 12.4 Å². The van der Waals surface area contributed by atoms with Crippen molar-refractivity contribution < 1.29 is 18.0 Å². The highest BCUT2D eigenvalue weighted by molar-refractivity contribution is 5.92. The molecule has 1 aliphatic rings. The Balaban J connectivity index is 0.00000141. The highest BCUT2D eigenvalue weighted by Crippen LogP contribution is 2.32. The molecular weight excluding hydrogens is 423 g/mol. The lowest BCUT2D eigenvalue weighted by Gasteiger charge is -2.15. The highest BCUT2D eigenvalue weighted by atomic mass is 19.4. The minimum absolute atomic E-state index is 0.0194. The van der Waals surface area contributed by atoms with Gasteiger partial charge in [0.05, 0.1) is 24.3 Å². The molecule has 32 heavy (non-hydrogen) atoms. The van der Waals surface area contributed by atoms with E-state index in [4.69, 9.17) is 5.73 Å². The van der Waals surface area contributed by atoms with Gasteiger partial charge in [0.2, 0.25) is 5.91 Å². The van der Waals surface area contributed by atoms with Gasteiger partial charge in [-0.25, -0.2) is 0 Å². The molecule has 0 atom stereocenters. The van der Waals surface area contributed by atoms with Crippen molar-refractivity contribution in [3.05, 3.63) is 59.1 Å². The molecule has 0 saturated heterocycles. The first-order valence-corrected chi connectivity index (χ1v) is 10.0. The number of amides is 1. The molecule has 170 valence electrons. The lowest BCUT2D eigenvalue weighted by molar-refractivity contribution is -0.137. The second kappa shape index (κ2) is 8.85. The molecule has 0 bridgehead atoms. The Kier molecular flexibility index (Phi) is 6.37. The van der Waals surface area contributed by atoms with Gasteiger partial charge >= 0.3 is 6.18 Å². The van der Waals surface area contributed by atoms with Crippen LogP contribution in [-0.2, 0) is 30.6 Å². The lowest BCUT2D eigenvalue weighted by atomic mass is 10.1. The predicted molar refractivity (Wildman–Crippen MR) is 114 cm³/mol. The zero-order valence-electron chi connectivity index (χ0n) is 18.0. The van der Waals surface area contributed by atoms with Crippen molar-refractivity contribution in [3.8, 4) is 0 Å². The van der Waals surface area contributed by atoms with Gasteiger partial charge in [-0.1, -0.05) is 20.4 Å². The van der Waals surface area contributed by atoms with E-state index >= 15 is 0 Å². The largest absolute Gasteiger partial charge is 0.416 e. The Morgan fingerprint density at radius 2 is 1.97 bits per heavy atom. The Morgan fingerprint density at radius 3 is 2.62 bits per heavy atom. The molecular formula is C21H24F3N7O. The van der Waals surface area contributed by atoms with E-state index in [1.807, 2.05) is 13.8 Å². The molecule has 1 aliphatic heterocycles. The van der Waals surface area contributed by atoms with E-state index in [-0.39, 0.29) is 24.7 Å². The molecule has 0 aliphatic carbocycles. The zero-order chi connectivity index (χ0) is 23.6. The average molecular weight is 447 g/mol. The van der Waals surface area contributed by atoms with Crippen LogP contribution in [0.2, 0.25) is 0 Å². The van der Waals surface area contributed by atoms with Crippen molar-refractivity contribution in [2.45, 2.75) is 46.6 Å². The number of rotatable bonds is 4. The third-order valence-corrected chi connectivity index (χ3v) is 4.81. The first kappa shape index (κ1) is 23.0. The van der Waals surface area contributed by atoms with Crippen LogP contribution in [0.1, 0.15) is 43.2 Å². The van der Waals surface area contributed by atoms with Crippen molar-refractivity contribution >= 4 is 23.2 Å². The van der Waals surface area contributed by atoms with Crippen molar-refractivity contribution in [2.75, 3.05) is 11.1 Å². The molecule has 0 radical (unpaired) electrons. The summed E-state index contributed by atoms with van der Waals surface area (Å²) < 4.78 is 40.9. The van der Waals surface area contributed by atoms with Crippen LogP contribution in [0.4, 0.5) is 24.7 Å². The first-order valence-electron chi connectivity index (χ1n) is 10.0.